The van der Waals surface area contributed by atoms with Crippen molar-refractivity contribution in [1.29, 1.82) is 0 Å². The van der Waals surface area contributed by atoms with Crippen molar-refractivity contribution in [2.24, 2.45) is 0 Å². The summed E-state index contributed by atoms with van der Waals surface area (Å²) in [5.41, 5.74) is 7.61. The molecule has 0 spiro atoms. The fraction of sp³-hybridized carbons (Fsp3) is 0.333. The van der Waals surface area contributed by atoms with Crippen LogP contribution in [0.1, 0.15) is 39.8 Å². The normalized spacial score (nSPS) is 18.2. The SMILES string of the molecule is Cc1nc(N)sc1C(=O)N1CCCC1c1cccc(Br)c1. The summed E-state index contributed by atoms with van der Waals surface area (Å²) in [4.78, 5) is 19.5. The summed E-state index contributed by atoms with van der Waals surface area (Å²) in [6.45, 7) is 2.62. The van der Waals surface area contributed by atoms with E-state index in [1.165, 1.54) is 16.9 Å². The molecule has 0 saturated carbocycles. The molecular formula is C15H16BrN3OS. The predicted molar refractivity (Wildman–Crippen MR) is 88.4 cm³/mol. The maximum absolute atomic E-state index is 12.8. The van der Waals surface area contributed by atoms with E-state index in [0.29, 0.717) is 10.0 Å². The molecule has 0 aliphatic carbocycles. The van der Waals surface area contributed by atoms with Gasteiger partial charge in [0.15, 0.2) is 5.13 Å². The number of amides is 1. The van der Waals surface area contributed by atoms with Crippen LogP contribution in [0.2, 0.25) is 0 Å². The molecule has 3 rings (SSSR count). The number of carbonyl (C=O) groups is 1. The van der Waals surface area contributed by atoms with Crippen LogP contribution in [0.5, 0.6) is 0 Å². The Bertz CT molecular complexity index is 685. The van der Waals surface area contributed by atoms with Crippen LogP contribution < -0.4 is 5.73 Å². The van der Waals surface area contributed by atoms with Crippen molar-refractivity contribution in [3.05, 3.63) is 44.9 Å². The number of hydrogen-bond acceptors (Lipinski definition) is 4. The number of rotatable bonds is 2. The molecule has 1 aromatic carbocycles. The lowest BCUT2D eigenvalue weighted by atomic mass is 10.0. The number of aromatic nitrogens is 1. The standard InChI is InChI=1S/C15H16BrN3OS/c1-9-13(21-15(17)18-9)14(20)19-7-3-6-12(19)10-4-2-5-11(16)8-10/h2,4-5,8,12H,3,6-7H2,1H3,(H2,17,18). The number of hydrogen-bond donors (Lipinski definition) is 1. The van der Waals surface area contributed by atoms with E-state index in [2.05, 4.69) is 33.0 Å². The third-order valence-corrected chi connectivity index (χ3v) is 5.22. The number of nitrogen functional groups attached to an aromatic ring is 1. The van der Waals surface area contributed by atoms with Crippen molar-refractivity contribution < 1.29 is 4.79 Å². The van der Waals surface area contributed by atoms with Crippen LogP contribution in [0.25, 0.3) is 0 Å². The van der Waals surface area contributed by atoms with Gasteiger partial charge in [-0.3, -0.25) is 4.79 Å². The Morgan fingerprint density at radius 2 is 2.33 bits per heavy atom. The molecule has 6 heteroatoms. The molecule has 1 amide bonds. The summed E-state index contributed by atoms with van der Waals surface area (Å²) < 4.78 is 1.04. The molecule has 1 fully saturated rings. The first kappa shape index (κ1) is 14.5. The van der Waals surface area contributed by atoms with Gasteiger partial charge in [0.2, 0.25) is 0 Å². The van der Waals surface area contributed by atoms with Crippen LogP contribution in [0.4, 0.5) is 5.13 Å². The second-order valence-electron chi connectivity index (χ2n) is 5.18. The molecule has 110 valence electrons. The van der Waals surface area contributed by atoms with Gasteiger partial charge in [-0.15, -0.1) is 0 Å². The molecule has 1 aromatic heterocycles. The molecule has 1 unspecified atom stereocenters. The third-order valence-electron chi connectivity index (χ3n) is 3.75. The number of thiazole rings is 1. The summed E-state index contributed by atoms with van der Waals surface area (Å²) >= 11 is 4.77. The fourth-order valence-corrected chi connectivity index (χ4v) is 4.02. The van der Waals surface area contributed by atoms with Crippen LogP contribution in [0.3, 0.4) is 0 Å². The molecule has 2 heterocycles. The Hall–Kier alpha value is -1.40. The summed E-state index contributed by atoms with van der Waals surface area (Å²) in [6, 6.07) is 8.31. The van der Waals surface area contributed by atoms with E-state index in [9.17, 15) is 4.79 Å². The lowest BCUT2D eigenvalue weighted by molar-refractivity contribution is 0.0739. The number of nitrogens with zero attached hydrogens (tertiary/aromatic N) is 2. The van der Waals surface area contributed by atoms with Gasteiger partial charge in [-0.05, 0) is 37.5 Å². The fourth-order valence-electron chi connectivity index (χ4n) is 2.82. The quantitative estimate of drug-likeness (QED) is 0.880. The lowest BCUT2D eigenvalue weighted by Gasteiger charge is -2.25. The highest BCUT2D eigenvalue weighted by Crippen LogP contribution is 2.35. The minimum Gasteiger partial charge on any atom is -0.375 e. The van der Waals surface area contributed by atoms with Gasteiger partial charge in [0.1, 0.15) is 4.88 Å². The Kier molecular flexibility index (Phi) is 3.99. The number of halogens is 1. The molecule has 1 aliphatic heterocycles. The Labute approximate surface area is 136 Å². The smallest absolute Gasteiger partial charge is 0.266 e. The molecule has 2 aromatic rings. The number of aryl methyl sites for hydroxylation is 1. The molecular weight excluding hydrogens is 350 g/mol. The van der Waals surface area contributed by atoms with Crippen molar-refractivity contribution in [3.63, 3.8) is 0 Å². The highest BCUT2D eigenvalue weighted by atomic mass is 79.9. The Morgan fingerprint density at radius 1 is 1.52 bits per heavy atom. The van der Waals surface area contributed by atoms with E-state index < -0.39 is 0 Å². The van der Waals surface area contributed by atoms with Crippen LogP contribution >= 0.6 is 27.3 Å². The Balaban J connectivity index is 1.90. The first-order chi connectivity index (χ1) is 10.1. The van der Waals surface area contributed by atoms with E-state index in [0.717, 1.165) is 29.6 Å². The van der Waals surface area contributed by atoms with Crippen LogP contribution in [0, 0.1) is 6.92 Å². The highest BCUT2D eigenvalue weighted by molar-refractivity contribution is 9.10. The molecule has 1 atom stereocenters. The van der Waals surface area contributed by atoms with Crippen molar-refractivity contribution in [2.75, 3.05) is 12.3 Å². The van der Waals surface area contributed by atoms with E-state index in [1.807, 2.05) is 24.0 Å². The minimum atomic E-state index is 0.0455. The van der Waals surface area contributed by atoms with E-state index in [-0.39, 0.29) is 11.9 Å². The average molecular weight is 366 g/mol. The zero-order valence-corrected chi connectivity index (χ0v) is 14.1. The summed E-state index contributed by atoms with van der Waals surface area (Å²) in [7, 11) is 0. The largest absolute Gasteiger partial charge is 0.375 e. The monoisotopic (exact) mass is 365 g/mol. The maximum atomic E-state index is 12.8. The number of nitrogens with two attached hydrogens (primary N) is 1. The van der Waals surface area contributed by atoms with Gasteiger partial charge in [-0.25, -0.2) is 4.98 Å². The third kappa shape index (κ3) is 2.82. The van der Waals surface area contributed by atoms with E-state index in [4.69, 9.17) is 5.73 Å². The zero-order valence-electron chi connectivity index (χ0n) is 11.7. The van der Waals surface area contributed by atoms with Gasteiger partial charge in [0.25, 0.3) is 5.91 Å². The Morgan fingerprint density at radius 3 is 3.00 bits per heavy atom. The van der Waals surface area contributed by atoms with Gasteiger partial charge in [-0.1, -0.05) is 39.4 Å². The van der Waals surface area contributed by atoms with Gasteiger partial charge in [0.05, 0.1) is 11.7 Å². The topological polar surface area (TPSA) is 59.2 Å². The van der Waals surface area contributed by atoms with Gasteiger partial charge >= 0.3 is 0 Å². The van der Waals surface area contributed by atoms with Gasteiger partial charge in [0, 0.05) is 11.0 Å². The first-order valence-corrected chi connectivity index (χ1v) is 8.46. The van der Waals surface area contributed by atoms with Gasteiger partial charge < -0.3 is 10.6 Å². The van der Waals surface area contributed by atoms with Crippen molar-refractivity contribution in [2.45, 2.75) is 25.8 Å². The zero-order chi connectivity index (χ0) is 15.0. The minimum absolute atomic E-state index is 0.0455. The first-order valence-electron chi connectivity index (χ1n) is 6.85. The van der Waals surface area contributed by atoms with Crippen molar-refractivity contribution in [3.8, 4) is 0 Å². The van der Waals surface area contributed by atoms with Crippen LogP contribution in [-0.4, -0.2) is 22.3 Å². The van der Waals surface area contributed by atoms with Crippen LogP contribution in [-0.2, 0) is 0 Å². The predicted octanol–water partition coefficient (Wildman–Crippen LogP) is 3.77. The van der Waals surface area contributed by atoms with Crippen molar-refractivity contribution in [1.82, 2.24) is 9.88 Å². The number of anilines is 1. The second kappa shape index (κ2) is 5.77. The second-order valence-corrected chi connectivity index (χ2v) is 7.12. The maximum Gasteiger partial charge on any atom is 0.266 e. The molecule has 0 bridgehead atoms. The van der Waals surface area contributed by atoms with Gasteiger partial charge in [-0.2, -0.15) is 0 Å². The molecule has 1 saturated heterocycles. The summed E-state index contributed by atoms with van der Waals surface area (Å²) in [6.07, 6.45) is 2.02. The lowest BCUT2D eigenvalue weighted by Crippen LogP contribution is -2.30. The highest BCUT2D eigenvalue weighted by Gasteiger charge is 2.32. The molecule has 21 heavy (non-hydrogen) atoms. The van der Waals surface area contributed by atoms with E-state index in [1.54, 1.807) is 0 Å². The number of likely N-dealkylation sites (tertiary alicyclic amines) is 1. The summed E-state index contributed by atoms with van der Waals surface area (Å²) in [5.74, 6) is 0.0455. The molecule has 2 N–H and O–H groups in total. The number of carbonyl (C=O) groups excluding carboxylic acids is 1. The van der Waals surface area contributed by atoms with Crippen LogP contribution in [0.15, 0.2) is 28.7 Å². The molecule has 4 nitrogen and oxygen atoms in total. The number of benzene rings is 1. The summed E-state index contributed by atoms with van der Waals surface area (Å²) in [5, 5.41) is 0.453. The molecule has 1 aliphatic rings. The average Bonchev–Trinajstić information content (AvgIpc) is 3.04. The van der Waals surface area contributed by atoms with E-state index >= 15 is 0 Å². The van der Waals surface area contributed by atoms with Crippen molar-refractivity contribution >= 4 is 38.3 Å². The molecule has 0 radical (unpaired) electrons.